The van der Waals surface area contributed by atoms with Gasteiger partial charge in [0.15, 0.2) is 5.78 Å². The van der Waals surface area contributed by atoms with Crippen molar-refractivity contribution in [2.45, 2.75) is 32.4 Å². The third-order valence-corrected chi connectivity index (χ3v) is 6.31. The summed E-state index contributed by atoms with van der Waals surface area (Å²) in [5, 5.41) is 0.886. The third kappa shape index (κ3) is 2.99. The highest BCUT2D eigenvalue weighted by atomic mass is 16.2. The first-order chi connectivity index (χ1) is 14.0. The number of Topliss-reactive ketones (excluding diaryl/α,β-unsaturated/α-hetero) is 1. The van der Waals surface area contributed by atoms with Crippen molar-refractivity contribution in [2.24, 2.45) is 5.92 Å². The molecule has 2 bridgehead atoms. The van der Waals surface area contributed by atoms with E-state index < -0.39 is 0 Å². The second-order valence-electron chi connectivity index (χ2n) is 8.24. The van der Waals surface area contributed by atoms with Gasteiger partial charge in [-0.05, 0) is 31.4 Å². The fourth-order valence-electron chi connectivity index (χ4n) is 5.00. The number of benzene rings is 1. The maximum atomic E-state index is 13.2. The molecule has 0 unspecified atom stereocenters. The third-order valence-electron chi connectivity index (χ3n) is 6.31. The summed E-state index contributed by atoms with van der Waals surface area (Å²) < 4.78 is 3.76. The van der Waals surface area contributed by atoms with Gasteiger partial charge in [0.05, 0.1) is 0 Å². The molecule has 4 heterocycles. The maximum Gasteiger partial charge on any atom is 0.250 e. The fourth-order valence-corrected chi connectivity index (χ4v) is 5.00. The minimum atomic E-state index is 0.00181. The molecule has 2 aromatic heterocycles. The smallest absolute Gasteiger partial charge is 0.250 e. The average molecular weight is 389 g/mol. The van der Waals surface area contributed by atoms with Crippen LogP contribution in [0.3, 0.4) is 0 Å². The minimum absolute atomic E-state index is 0.00181. The normalized spacial score (nSPS) is 20.5. The highest BCUT2D eigenvalue weighted by Crippen LogP contribution is 2.35. The Morgan fingerprint density at radius 2 is 1.86 bits per heavy atom. The van der Waals surface area contributed by atoms with Crippen molar-refractivity contribution >= 4 is 22.6 Å². The molecule has 0 N–H and O–H groups in total. The van der Waals surface area contributed by atoms with E-state index in [1.807, 2.05) is 50.4 Å². The molecule has 0 aliphatic carbocycles. The molecule has 0 saturated carbocycles. The van der Waals surface area contributed by atoms with E-state index in [9.17, 15) is 14.4 Å². The van der Waals surface area contributed by atoms with Gasteiger partial charge in [-0.25, -0.2) is 0 Å². The van der Waals surface area contributed by atoms with Gasteiger partial charge in [0.1, 0.15) is 6.54 Å². The monoisotopic (exact) mass is 389 g/mol. The quantitative estimate of drug-likeness (QED) is 0.647. The molecule has 1 saturated heterocycles. The number of piperidine rings is 1. The highest BCUT2D eigenvalue weighted by Gasteiger charge is 2.36. The molecule has 6 nitrogen and oxygen atoms in total. The lowest BCUT2D eigenvalue weighted by molar-refractivity contribution is -0.134. The van der Waals surface area contributed by atoms with Crippen molar-refractivity contribution in [3.05, 3.63) is 70.3 Å². The van der Waals surface area contributed by atoms with Crippen molar-refractivity contribution < 1.29 is 9.59 Å². The lowest BCUT2D eigenvalue weighted by Crippen LogP contribution is -2.49. The standard InChI is InChI=1S/C23H23N3O3/c1-15(27)19-13-24(21-6-3-2-5-18(19)21)14-23(29)25-10-16-9-17(12-25)20-7-4-8-22(28)26(20)11-16/h2-8,13,16-17H,9-12,14H2,1H3/t16-,17+/m1/s1. The van der Waals surface area contributed by atoms with Gasteiger partial charge in [-0.2, -0.15) is 0 Å². The van der Waals surface area contributed by atoms with E-state index in [0.29, 0.717) is 31.1 Å². The lowest BCUT2D eigenvalue weighted by atomic mass is 9.83. The van der Waals surface area contributed by atoms with E-state index in [1.54, 1.807) is 19.2 Å². The van der Waals surface area contributed by atoms with Crippen molar-refractivity contribution in [3.63, 3.8) is 0 Å². The second-order valence-corrected chi connectivity index (χ2v) is 8.24. The van der Waals surface area contributed by atoms with Gasteiger partial charge < -0.3 is 14.0 Å². The largest absolute Gasteiger partial charge is 0.340 e. The van der Waals surface area contributed by atoms with E-state index in [2.05, 4.69) is 0 Å². The number of nitrogens with zero attached hydrogens (tertiary/aromatic N) is 3. The zero-order valence-electron chi connectivity index (χ0n) is 16.4. The number of rotatable bonds is 3. The number of ketones is 1. The summed E-state index contributed by atoms with van der Waals surface area (Å²) in [5.74, 6) is 0.568. The predicted octanol–water partition coefficient (Wildman–Crippen LogP) is 2.65. The average Bonchev–Trinajstić information content (AvgIpc) is 3.08. The summed E-state index contributed by atoms with van der Waals surface area (Å²) in [5.41, 5.74) is 2.64. The van der Waals surface area contributed by atoms with Crippen LogP contribution in [0.2, 0.25) is 0 Å². The van der Waals surface area contributed by atoms with Crippen LogP contribution in [-0.4, -0.2) is 38.8 Å². The van der Waals surface area contributed by atoms with Gasteiger partial charge in [-0.15, -0.1) is 0 Å². The number of hydrogen-bond acceptors (Lipinski definition) is 3. The maximum absolute atomic E-state index is 13.2. The molecule has 0 spiro atoms. The van der Waals surface area contributed by atoms with E-state index in [-0.39, 0.29) is 29.7 Å². The molecule has 1 aromatic carbocycles. The van der Waals surface area contributed by atoms with Gasteiger partial charge in [-0.1, -0.05) is 24.3 Å². The summed E-state index contributed by atoms with van der Waals surface area (Å²) in [7, 11) is 0. The van der Waals surface area contributed by atoms with Crippen LogP contribution < -0.4 is 5.56 Å². The van der Waals surface area contributed by atoms with Gasteiger partial charge in [0.25, 0.3) is 5.56 Å². The Morgan fingerprint density at radius 1 is 1.03 bits per heavy atom. The van der Waals surface area contributed by atoms with Gasteiger partial charge >= 0.3 is 0 Å². The summed E-state index contributed by atoms with van der Waals surface area (Å²) in [4.78, 5) is 39.3. The first-order valence-electron chi connectivity index (χ1n) is 10.1. The molecular formula is C23H23N3O3. The Balaban J connectivity index is 1.41. The molecule has 6 heteroatoms. The minimum Gasteiger partial charge on any atom is -0.340 e. The van der Waals surface area contributed by atoms with Crippen LogP contribution in [0.4, 0.5) is 0 Å². The number of carbonyl (C=O) groups is 2. The van der Waals surface area contributed by atoms with Crippen molar-refractivity contribution in [1.82, 2.24) is 14.0 Å². The Kier molecular flexibility index (Phi) is 4.15. The predicted molar refractivity (Wildman–Crippen MR) is 110 cm³/mol. The zero-order chi connectivity index (χ0) is 20.1. The van der Waals surface area contributed by atoms with Crippen molar-refractivity contribution in [1.29, 1.82) is 0 Å². The molecule has 5 rings (SSSR count). The van der Waals surface area contributed by atoms with Crippen LogP contribution in [-0.2, 0) is 17.9 Å². The van der Waals surface area contributed by atoms with Crippen LogP contribution in [0.25, 0.3) is 10.9 Å². The number of likely N-dealkylation sites (tertiary alicyclic amines) is 1. The van der Waals surface area contributed by atoms with Gasteiger partial charge in [-0.3, -0.25) is 14.4 Å². The molecule has 2 aliphatic rings. The Morgan fingerprint density at radius 3 is 2.69 bits per heavy atom. The molecule has 148 valence electrons. The Labute approximate surface area is 168 Å². The summed E-state index contributed by atoms with van der Waals surface area (Å²) >= 11 is 0. The molecule has 29 heavy (non-hydrogen) atoms. The zero-order valence-corrected chi connectivity index (χ0v) is 16.4. The topological polar surface area (TPSA) is 64.3 Å². The number of aromatic nitrogens is 2. The summed E-state index contributed by atoms with van der Waals surface area (Å²) in [6.45, 7) is 3.76. The van der Waals surface area contributed by atoms with Crippen molar-refractivity contribution in [2.75, 3.05) is 13.1 Å². The van der Waals surface area contributed by atoms with E-state index in [0.717, 1.165) is 23.0 Å². The summed E-state index contributed by atoms with van der Waals surface area (Å²) in [6.07, 6.45) is 2.82. The molecule has 3 aromatic rings. The van der Waals surface area contributed by atoms with Crippen LogP contribution >= 0.6 is 0 Å². The fraction of sp³-hybridized carbons (Fsp3) is 0.348. The molecule has 2 aliphatic heterocycles. The molecule has 1 fully saturated rings. The molecule has 2 atom stereocenters. The Hall–Kier alpha value is -3.15. The SMILES string of the molecule is CC(=O)c1cn(CC(=O)N2C[C@H]3C[C@@H](C2)c2cccc(=O)n2C3)c2ccccc12. The summed E-state index contributed by atoms with van der Waals surface area (Å²) in [6, 6.07) is 13.1. The van der Waals surface area contributed by atoms with E-state index in [4.69, 9.17) is 0 Å². The van der Waals surface area contributed by atoms with Gasteiger partial charge in [0, 0.05) is 60.0 Å². The number of fused-ring (bicyclic) bond motifs is 5. The molecular weight excluding hydrogens is 366 g/mol. The Bertz CT molecular complexity index is 1190. The lowest BCUT2D eigenvalue weighted by Gasteiger charge is -2.42. The number of carbonyl (C=O) groups excluding carboxylic acids is 2. The first kappa shape index (κ1) is 17.9. The second kappa shape index (κ2) is 6.72. The van der Waals surface area contributed by atoms with Gasteiger partial charge in [0.2, 0.25) is 5.91 Å². The van der Waals surface area contributed by atoms with E-state index >= 15 is 0 Å². The van der Waals surface area contributed by atoms with Crippen LogP contribution in [0.15, 0.2) is 53.5 Å². The first-order valence-corrected chi connectivity index (χ1v) is 10.1. The van der Waals surface area contributed by atoms with Crippen LogP contribution in [0.1, 0.15) is 35.3 Å². The number of amides is 1. The van der Waals surface area contributed by atoms with E-state index in [1.165, 1.54) is 0 Å². The number of hydrogen-bond donors (Lipinski definition) is 0. The van der Waals surface area contributed by atoms with Crippen LogP contribution in [0.5, 0.6) is 0 Å². The van der Waals surface area contributed by atoms with Crippen molar-refractivity contribution in [3.8, 4) is 0 Å². The molecule has 1 amide bonds. The number of para-hydroxylation sites is 1. The highest BCUT2D eigenvalue weighted by molar-refractivity contribution is 6.07. The molecule has 0 radical (unpaired) electrons. The number of pyridine rings is 1. The van der Waals surface area contributed by atoms with Crippen LogP contribution in [0, 0.1) is 5.92 Å².